The molecule has 4 heteroatoms. The monoisotopic (exact) mass is 213 g/mol. The Morgan fingerprint density at radius 2 is 2.20 bits per heavy atom. The predicted molar refractivity (Wildman–Crippen MR) is 60.9 cm³/mol. The Morgan fingerprint density at radius 3 is 2.93 bits per heavy atom. The minimum absolute atomic E-state index is 0.375. The van der Waals surface area contributed by atoms with Crippen molar-refractivity contribution in [3.05, 3.63) is 0 Å². The minimum Gasteiger partial charge on any atom is -0.374 e. The van der Waals surface area contributed by atoms with Gasteiger partial charge in [0.2, 0.25) is 0 Å². The number of nitrogens with zero attached hydrogens (tertiary/aromatic N) is 2. The molecule has 0 radical (unpaired) electrons. The molecule has 0 spiro atoms. The van der Waals surface area contributed by atoms with Crippen LogP contribution in [0.5, 0.6) is 0 Å². The van der Waals surface area contributed by atoms with Gasteiger partial charge in [-0.25, -0.2) is 0 Å². The molecule has 0 bridgehead atoms. The number of ether oxygens (including phenoxy) is 1. The number of likely N-dealkylation sites (tertiary alicyclic amines) is 1. The van der Waals surface area contributed by atoms with E-state index >= 15 is 0 Å². The van der Waals surface area contributed by atoms with Gasteiger partial charge in [0.05, 0.1) is 12.7 Å². The van der Waals surface area contributed by atoms with Gasteiger partial charge in [0, 0.05) is 32.2 Å². The Labute approximate surface area is 92.4 Å². The molecule has 2 N–H and O–H groups in total. The molecule has 2 saturated heterocycles. The van der Waals surface area contributed by atoms with Crippen molar-refractivity contribution in [2.45, 2.75) is 25.0 Å². The second-order valence-corrected chi connectivity index (χ2v) is 4.92. The molecule has 0 aromatic carbocycles. The van der Waals surface area contributed by atoms with Crippen molar-refractivity contribution >= 4 is 0 Å². The molecule has 0 aliphatic carbocycles. The lowest BCUT2D eigenvalue weighted by Crippen LogP contribution is -2.50. The summed E-state index contributed by atoms with van der Waals surface area (Å²) in [6.07, 6.45) is 2.81. The Hall–Kier alpha value is -0.160. The Morgan fingerprint density at radius 1 is 1.33 bits per heavy atom. The highest BCUT2D eigenvalue weighted by Gasteiger charge is 2.23. The second-order valence-electron chi connectivity index (χ2n) is 4.92. The number of nitrogens with two attached hydrogens (primary N) is 1. The summed E-state index contributed by atoms with van der Waals surface area (Å²) in [6.45, 7) is 6.29. The fourth-order valence-electron chi connectivity index (χ4n) is 2.52. The molecule has 2 atom stereocenters. The molecule has 2 heterocycles. The SMILES string of the molecule is CN1CCOC(CN2CCCC(N)C2)C1. The fourth-order valence-corrected chi connectivity index (χ4v) is 2.52. The Kier molecular flexibility index (Phi) is 3.97. The molecular formula is C11H23N3O. The summed E-state index contributed by atoms with van der Waals surface area (Å²) in [4.78, 5) is 4.80. The van der Waals surface area contributed by atoms with E-state index in [-0.39, 0.29) is 0 Å². The van der Waals surface area contributed by atoms with Gasteiger partial charge in [0.15, 0.2) is 0 Å². The minimum atomic E-state index is 0.375. The molecule has 88 valence electrons. The van der Waals surface area contributed by atoms with Gasteiger partial charge in [-0.3, -0.25) is 4.90 Å². The third-order valence-corrected chi connectivity index (χ3v) is 3.35. The summed E-state index contributed by atoms with van der Waals surface area (Å²) >= 11 is 0. The first-order valence-electron chi connectivity index (χ1n) is 6.02. The largest absolute Gasteiger partial charge is 0.374 e. The fraction of sp³-hybridized carbons (Fsp3) is 1.00. The standard InChI is InChI=1S/C11H23N3O/c1-13-5-6-15-11(8-13)9-14-4-2-3-10(12)7-14/h10-11H,2-9,12H2,1H3. The van der Waals surface area contributed by atoms with Crippen LogP contribution in [0.1, 0.15) is 12.8 Å². The molecule has 0 saturated carbocycles. The van der Waals surface area contributed by atoms with Crippen LogP contribution in [0.4, 0.5) is 0 Å². The van der Waals surface area contributed by atoms with Gasteiger partial charge in [0.1, 0.15) is 0 Å². The third kappa shape index (κ3) is 3.41. The van der Waals surface area contributed by atoms with Crippen LogP contribution in [0.2, 0.25) is 0 Å². The first-order valence-corrected chi connectivity index (χ1v) is 6.02. The van der Waals surface area contributed by atoms with Gasteiger partial charge in [-0.05, 0) is 26.4 Å². The van der Waals surface area contributed by atoms with Crippen LogP contribution in [0.15, 0.2) is 0 Å². The van der Waals surface area contributed by atoms with Crippen LogP contribution in [-0.2, 0) is 4.74 Å². The first kappa shape index (κ1) is 11.3. The highest BCUT2D eigenvalue weighted by atomic mass is 16.5. The zero-order valence-electron chi connectivity index (χ0n) is 9.69. The Bertz CT molecular complexity index is 180. The van der Waals surface area contributed by atoms with Crippen LogP contribution in [0, 0.1) is 0 Å². The molecule has 2 fully saturated rings. The zero-order valence-corrected chi connectivity index (χ0v) is 9.69. The van der Waals surface area contributed by atoms with Crippen LogP contribution < -0.4 is 5.73 Å². The number of hydrogen-bond acceptors (Lipinski definition) is 4. The molecule has 2 aliphatic heterocycles. The van der Waals surface area contributed by atoms with Crippen LogP contribution in [0.3, 0.4) is 0 Å². The zero-order chi connectivity index (χ0) is 10.7. The van der Waals surface area contributed by atoms with Gasteiger partial charge in [-0.15, -0.1) is 0 Å². The van der Waals surface area contributed by atoms with Gasteiger partial charge in [-0.1, -0.05) is 0 Å². The summed E-state index contributed by atoms with van der Waals surface area (Å²) in [5.41, 5.74) is 5.96. The molecule has 2 unspecified atom stereocenters. The predicted octanol–water partition coefficient (Wildman–Crippen LogP) is -0.260. The van der Waals surface area contributed by atoms with Crippen molar-refractivity contribution in [3.8, 4) is 0 Å². The van der Waals surface area contributed by atoms with Crippen molar-refractivity contribution in [1.29, 1.82) is 0 Å². The smallest absolute Gasteiger partial charge is 0.0829 e. The molecule has 2 aliphatic rings. The van der Waals surface area contributed by atoms with E-state index in [0.717, 1.165) is 32.8 Å². The first-order chi connectivity index (χ1) is 7.24. The molecule has 15 heavy (non-hydrogen) atoms. The maximum atomic E-state index is 5.96. The number of rotatable bonds is 2. The molecule has 0 aromatic rings. The summed E-state index contributed by atoms with van der Waals surface area (Å²) in [5.74, 6) is 0. The van der Waals surface area contributed by atoms with E-state index in [9.17, 15) is 0 Å². The average molecular weight is 213 g/mol. The Balaban J connectivity index is 1.75. The maximum absolute atomic E-state index is 5.96. The topological polar surface area (TPSA) is 41.7 Å². The molecule has 0 aromatic heterocycles. The summed E-state index contributed by atoms with van der Waals surface area (Å²) < 4.78 is 5.76. The average Bonchev–Trinajstić information content (AvgIpc) is 2.17. The van der Waals surface area contributed by atoms with E-state index in [4.69, 9.17) is 10.5 Å². The van der Waals surface area contributed by atoms with E-state index in [1.54, 1.807) is 0 Å². The van der Waals surface area contributed by atoms with Crippen LogP contribution >= 0.6 is 0 Å². The number of morpholine rings is 1. The number of likely N-dealkylation sites (N-methyl/N-ethyl adjacent to an activating group) is 1. The van der Waals surface area contributed by atoms with E-state index in [1.807, 2.05) is 0 Å². The molecule has 4 nitrogen and oxygen atoms in total. The third-order valence-electron chi connectivity index (χ3n) is 3.35. The van der Waals surface area contributed by atoms with E-state index in [1.165, 1.54) is 19.4 Å². The van der Waals surface area contributed by atoms with Crippen molar-refractivity contribution in [2.24, 2.45) is 5.73 Å². The van der Waals surface area contributed by atoms with Crippen molar-refractivity contribution in [2.75, 3.05) is 46.4 Å². The van der Waals surface area contributed by atoms with Gasteiger partial charge < -0.3 is 15.4 Å². The lowest BCUT2D eigenvalue weighted by atomic mass is 10.1. The quantitative estimate of drug-likeness (QED) is 0.686. The van der Waals surface area contributed by atoms with Gasteiger partial charge in [-0.2, -0.15) is 0 Å². The normalized spacial score (nSPS) is 35.6. The molecule has 2 rings (SSSR count). The highest BCUT2D eigenvalue weighted by molar-refractivity contribution is 4.79. The van der Waals surface area contributed by atoms with E-state index in [2.05, 4.69) is 16.8 Å². The van der Waals surface area contributed by atoms with E-state index < -0.39 is 0 Å². The maximum Gasteiger partial charge on any atom is 0.0829 e. The van der Waals surface area contributed by atoms with Crippen molar-refractivity contribution < 1.29 is 4.74 Å². The highest BCUT2D eigenvalue weighted by Crippen LogP contribution is 2.11. The van der Waals surface area contributed by atoms with Crippen LogP contribution in [0.25, 0.3) is 0 Å². The summed E-state index contributed by atoms with van der Waals surface area (Å²) in [6, 6.07) is 0.375. The molecule has 0 amide bonds. The van der Waals surface area contributed by atoms with Gasteiger partial charge >= 0.3 is 0 Å². The van der Waals surface area contributed by atoms with Crippen molar-refractivity contribution in [3.63, 3.8) is 0 Å². The summed E-state index contributed by atoms with van der Waals surface area (Å²) in [7, 11) is 2.16. The second kappa shape index (κ2) is 5.25. The van der Waals surface area contributed by atoms with Crippen molar-refractivity contribution in [1.82, 2.24) is 9.80 Å². The van der Waals surface area contributed by atoms with E-state index in [0.29, 0.717) is 12.1 Å². The molecular weight excluding hydrogens is 190 g/mol. The summed E-state index contributed by atoms with van der Waals surface area (Å²) in [5, 5.41) is 0. The lowest BCUT2D eigenvalue weighted by molar-refractivity contribution is -0.0384. The van der Waals surface area contributed by atoms with Crippen LogP contribution in [-0.4, -0.2) is 68.3 Å². The number of piperidine rings is 1. The number of hydrogen-bond donors (Lipinski definition) is 1. The van der Waals surface area contributed by atoms with Gasteiger partial charge in [0.25, 0.3) is 0 Å². The lowest BCUT2D eigenvalue weighted by Gasteiger charge is -2.36.